The summed E-state index contributed by atoms with van der Waals surface area (Å²) in [5.74, 6) is 1.10. The Kier molecular flexibility index (Phi) is 6.73. The van der Waals surface area contributed by atoms with Crippen LogP contribution in [-0.4, -0.2) is 24.6 Å². The monoisotopic (exact) mass is 249 g/mol. The van der Waals surface area contributed by atoms with Gasteiger partial charge in [0, 0.05) is 25.3 Å². The highest BCUT2D eigenvalue weighted by Crippen LogP contribution is 2.18. The summed E-state index contributed by atoms with van der Waals surface area (Å²) in [7, 11) is 0. The molecule has 0 bridgehead atoms. The molecule has 1 unspecified atom stereocenters. The van der Waals surface area contributed by atoms with Gasteiger partial charge in [-0.2, -0.15) is 0 Å². The molecule has 1 aromatic heterocycles. The second-order valence-electron chi connectivity index (χ2n) is 4.66. The largest absolute Gasteiger partial charge is 0.357 e. The van der Waals surface area contributed by atoms with Gasteiger partial charge in [-0.15, -0.1) is 0 Å². The van der Waals surface area contributed by atoms with E-state index < -0.39 is 0 Å². The molecule has 1 atom stereocenters. The minimum Gasteiger partial charge on any atom is -0.357 e. The molecule has 0 aromatic carbocycles. The first-order valence-electron chi connectivity index (χ1n) is 7.17. The van der Waals surface area contributed by atoms with Crippen molar-refractivity contribution in [2.45, 2.75) is 46.6 Å². The van der Waals surface area contributed by atoms with E-state index in [-0.39, 0.29) is 0 Å². The first-order valence-corrected chi connectivity index (χ1v) is 7.17. The normalized spacial score (nSPS) is 12.4. The van der Waals surface area contributed by atoms with Crippen LogP contribution in [0.4, 0.5) is 5.82 Å². The number of rotatable bonds is 8. The maximum atomic E-state index is 4.50. The van der Waals surface area contributed by atoms with E-state index >= 15 is 0 Å². The molecule has 3 nitrogen and oxygen atoms in total. The molecule has 18 heavy (non-hydrogen) atoms. The van der Waals surface area contributed by atoms with Crippen LogP contribution in [-0.2, 0) is 0 Å². The van der Waals surface area contributed by atoms with E-state index in [4.69, 9.17) is 0 Å². The van der Waals surface area contributed by atoms with Crippen LogP contribution in [0.3, 0.4) is 0 Å². The van der Waals surface area contributed by atoms with Crippen molar-refractivity contribution in [3.05, 3.63) is 23.9 Å². The van der Waals surface area contributed by atoms with Gasteiger partial charge in [0.1, 0.15) is 5.82 Å². The smallest absolute Gasteiger partial charge is 0.128 e. The van der Waals surface area contributed by atoms with Crippen molar-refractivity contribution in [1.29, 1.82) is 0 Å². The number of nitrogens with zero attached hydrogens (tertiary/aromatic N) is 2. The van der Waals surface area contributed by atoms with Gasteiger partial charge in [0.25, 0.3) is 0 Å². The minimum atomic E-state index is 0.390. The van der Waals surface area contributed by atoms with Crippen molar-refractivity contribution in [1.82, 2.24) is 10.3 Å². The minimum absolute atomic E-state index is 0.390. The third-order valence-corrected chi connectivity index (χ3v) is 3.27. The van der Waals surface area contributed by atoms with E-state index in [0.717, 1.165) is 25.5 Å². The summed E-state index contributed by atoms with van der Waals surface area (Å²) in [5.41, 5.74) is 1.32. The molecule has 1 rings (SSSR count). The molecule has 0 aliphatic carbocycles. The number of nitrogens with one attached hydrogen (secondary N) is 1. The summed E-state index contributed by atoms with van der Waals surface area (Å²) in [5, 5.41) is 3.44. The van der Waals surface area contributed by atoms with Gasteiger partial charge in [0.05, 0.1) is 0 Å². The number of pyridine rings is 1. The molecular weight excluding hydrogens is 222 g/mol. The molecule has 0 radical (unpaired) electrons. The summed E-state index contributed by atoms with van der Waals surface area (Å²) < 4.78 is 0. The predicted octanol–water partition coefficient (Wildman–Crippen LogP) is 3.38. The second-order valence-corrected chi connectivity index (χ2v) is 4.66. The molecule has 3 heteroatoms. The van der Waals surface area contributed by atoms with Crippen LogP contribution in [0.1, 0.15) is 52.1 Å². The predicted molar refractivity (Wildman–Crippen MR) is 79.1 cm³/mol. The Morgan fingerprint density at radius 3 is 2.72 bits per heavy atom. The highest BCUT2D eigenvalue weighted by atomic mass is 15.2. The van der Waals surface area contributed by atoms with Gasteiger partial charge in [0.15, 0.2) is 0 Å². The molecular formula is C15H27N3. The first kappa shape index (κ1) is 15.0. The molecule has 0 fully saturated rings. The lowest BCUT2D eigenvalue weighted by Crippen LogP contribution is -2.25. The molecule has 1 N–H and O–H groups in total. The van der Waals surface area contributed by atoms with Gasteiger partial charge < -0.3 is 10.2 Å². The molecule has 1 heterocycles. The van der Waals surface area contributed by atoms with Gasteiger partial charge in [0.2, 0.25) is 0 Å². The molecule has 0 aliphatic heterocycles. The number of unbranched alkanes of at least 4 members (excludes halogenated alkanes) is 1. The van der Waals surface area contributed by atoms with E-state index in [9.17, 15) is 0 Å². The van der Waals surface area contributed by atoms with Crippen LogP contribution >= 0.6 is 0 Å². The Bertz CT molecular complexity index is 338. The number of aromatic nitrogens is 1. The number of hydrogen-bond donors (Lipinski definition) is 1. The summed E-state index contributed by atoms with van der Waals surface area (Å²) in [6.07, 6.45) is 4.37. The van der Waals surface area contributed by atoms with Gasteiger partial charge in [-0.25, -0.2) is 4.98 Å². The summed E-state index contributed by atoms with van der Waals surface area (Å²) in [6, 6.07) is 4.71. The fourth-order valence-corrected chi connectivity index (χ4v) is 2.08. The Morgan fingerprint density at radius 2 is 2.11 bits per heavy atom. The highest BCUT2D eigenvalue weighted by molar-refractivity contribution is 5.41. The van der Waals surface area contributed by atoms with Crippen molar-refractivity contribution in [3.63, 3.8) is 0 Å². The van der Waals surface area contributed by atoms with Gasteiger partial charge in [-0.3, -0.25) is 0 Å². The van der Waals surface area contributed by atoms with E-state index in [1.54, 1.807) is 0 Å². The Balaban J connectivity index is 2.78. The Labute approximate surface area is 112 Å². The quantitative estimate of drug-likeness (QED) is 0.765. The number of hydrogen-bond acceptors (Lipinski definition) is 3. The maximum absolute atomic E-state index is 4.50. The fraction of sp³-hybridized carbons (Fsp3) is 0.667. The average Bonchev–Trinajstić information content (AvgIpc) is 2.40. The third kappa shape index (κ3) is 4.30. The van der Waals surface area contributed by atoms with Crippen LogP contribution in [0, 0.1) is 0 Å². The topological polar surface area (TPSA) is 28.2 Å². The zero-order chi connectivity index (χ0) is 13.4. The Hall–Kier alpha value is -1.09. The van der Waals surface area contributed by atoms with E-state index in [1.165, 1.54) is 18.4 Å². The standard InChI is InChI=1S/C15H27N3/c1-5-8-11-18(7-3)15-12-14(9-10-17-15)13(4)16-6-2/h9-10,12-13,16H,5-8,11H2,1-4H3. The third-order valence-electron chi connectivity index (χ3n) is 3.27. The zero-order valence-corrected chi connectivity index (χ0v) is 12.2. The van der Waals surface area contributed by atoms with Crippen LogP contribution < -0.4 is 10.2 Å². The maximum Gasteiger partial charge on any atom is 0.128 e. The zero-order valence-electron chi connectivity index (χ0n) is 12.2. The van der Waals surface area contributed by atoms with Crippen molar-refractivity contribution in [3.8, 4) is 0 Å². The van der Waals surface area contributed by atoms with E-state index in [1.807, 2.05) is 6.20 Å². The van der Waals surface area contributed by atoms with Crippen LogP contribution in [0.25, 0.3) is 0 Å². The molecule has 102 valence electrons. The number of anilines is 1. The summed E-state index contributed by atoms with van der Waals surface area (Å²) in [6.45, 7) is 11.9. The summed E-state index contributed by atoms with van der Waals surface area (Å²) in [4.78, 5) is 6.86. The van der Waals surface area contributed by atoms with Crippen LogP contribution in [0.2, 0.25) is 0 Å². The van der Waals surface area contributed by atoms with Crippen molar-refractivity contribution >= 4 is 5.82 Å². The molecule has 0 aliphatic rings. The van der Waals surface area contributed by atoms with Crippen LogP contribution in [0.15, 0.2) is 18.3 Å². The van der Waals surface area contributed by atoms with Crippen molar-refractivity contribution < 1.29 is 0 Å². The van der Waals surface area contributed by atoms with Crippen LogP contribution in [0.5, 0.6) is 0 Å². The Morgan fingerprint density at radius 1 is 1.33 bits per heavy atom. The molecule has 0 amide bonds. The lowest BCUT2D eigenvalue weighted by atomic mass is 10.1. The van der Waals surface area contributed by atoms with Crippen molar-refractivity contribution in [2.24, 2.45) is 0 Å². The lowest BCUT2D eigenvalue weighted by Gasteiger charge is -2.23. The van der Waals surface area contributed by atoms with Crippen molar-refractivity contribution in [2.75, 3.05) is 24.5 Å². The van der Waals surface area contributed by atoms with Gasteiger partial charge >= 0.3 is 0 Å². The second kappa shape index (κ2) is 8.09. The molecule has 1 aromatic rings. The average molecular weight is 249 g/mol. The van der Waals surface area contributed by atoms with Gasteiger partial charge in [-0.1, -0.05) is 20.3 Å². The molecule has 0 saturated carbocycles. The lowest BCUT2D eigenvalue weighted by molar-refractivity contribution is 0.597. The molecule has 0 saturated heterocycles. The van der Waals surface area contributed by atoms with E-state index in [0.29, 0.717) is 6.04 Å². The van der Waals surface area contributed by atoms with E-state index in [2.05, 4.69) is 55.0 Å². The highest BCUT2D eigenvalue weighted by Gasteiger charge is 2.09. The van der Waals surface area contributed by atoms with Gasteiger partial charge in [-0.05, 0) is 44.5 Å². The summed E-state index contributed by atoms with van der Waals surface area (Å²) >= 11 is 0. The molecule has 0 spiro atoms. The first-order chi connectivity index (χ1) is 8.72. The fourth-order valence-electron chi connectivity index (χ4n) is 2.08. The SMILES string of the molecule is CCCCN(CC)c1cc(C(C)NCC)ccn1.